The third-order valence-electron chi connectivity index (χ3n) is 5.41. The molecule has 3 N–H and O–H groups in total. The van der Waals surface area contributed by atoms with Crippen LogP contribution in [0.3, 0.4) is 0 Å². The first-order chi connectivity index (χ1) is 15.5. The predicted molar refractivity (Wildman–Crippen MR) is 129 cm³/mol. The average Bonchev–Trinajstić information content (AvgIpc) is 2.73. The van der Waals surface area contributed by atoms with Crippen molar-refractivity contribution >= 4 is 29.2 Å². The molecule has 2 aromatic rings. The highest BCUT2D eigenvalue weighted by atomic mass is 16.4. The van der Waals surface area contributed by atoms with Gasteiger partial charge in [0.25, 0.3) is 5.91 Å². The highest BCUT2D eigenvalue weighted by Gasteiger charge is 2.23. The molecular formula is C25H32N4O4. The van der Waals surface area contributed by atoms with Crippen molar-refractivity contribution in [3.63, 3.8) is 0 Å². The van der Waals surface area contributed by atoms with Crippen LogP contribution in [0.1, 0.15) is 47.1 Å². The lowest BCUT2D eigenvalue weighted by molar-refractivity contribution is -0.123. The number of carboxylic acids is 1. The molecule has 0 aromatic heterocycles. The summed E-state index contributed by atoms with van der Waals surface area (Å²) in [7, 11) is 0. The van der Waals surface area contributed by atoms with Crippen LogP contribution in [0, 0.1) is 6.92 Å². The number of amides is 2. The SMILES string of the molecule is Cc1ccc(C(=O)Nc2ccc(N3CCN(CC(=O)NC(C)(C)C)CC3)cc2C(=O)O)cc1. The third kappa shape index (κ3) is 6.79. The number of rotatable bonds is 6. The van der Waals surface area contributed by atoms with Crippen LogP contribution >= 0.6 is 0 Å². The van der Waals surface area contributed by atoms with Crippen molar-refractivity contribution in [2.45, 2.75) is 33.2 Å². The molecule has 1 aliphatic heterocycles. The Labute approximate surface area is 194 Å². The molecule has 33 heavy (non-hydrogen) atoms. The number of hydrogen-bond acceptors (Lipinski definition) is 5. The highest BCUT2D eigenvalue weighted by molar-refractivity contribution is 6.08. The molecule has 2 amide bonds. The summed E-state index contributed by atoms with van der Waals surface area (Å²) in [5, 5.41) is 15.4. The topological polar surface area (TPSA) is 102 Å². The van der Waals surface area contributed by atoms with Gasteiger partial charge in [0.2, 0.25) is 5.91 Å². The van der Waals surface area contributed by atoms with E-state index in [0.717, 1.165) is 11.3 Å². The summed E-state index contributed by atoms with van der Waals surface area (Å²) in [5.41, 5.74) is 2.32. The molecule has 8 heteroatoms. The molecule has 0 unspecified atom stereocenters. The minimum absolute atomic E-state index is 0.00205. The van der Waals surface area contributed by atoms with Crippen LogP contribution in [0.25, 0.3) is 0 Å². The standard InChI is InChI=1S/C25H32N4O4/c1-17-5-7-18(8-6-17)23(31)26-21-10-9-19(15-20(21)24(32)33)29-13-11-28(12-14-29)16-22(30)27-25(2,3)4/h5-10,15H,11-14,16H2,1-4H3,(H,26,31)(H,27,30)(H,32,33). The maximum atomic E-state index is 12.5. The molecule has 1 heterocycles. The van der Waals surface area contributed by atoms with Gasteiger partial charge in [-0.15, -0.1) is 0 Å². The van der Waals surface area contributed by atoms with E-state index in [-0.39, 0.29) is 28.6 Å². The Hall–Kier alpha value is -3.39. The summed E-state index contributed by atoms with van der Waals surface area (Å²) >= 11 is 0. The van der Waals surface area contributed by atoms with E-state index in [0.29, 0.717) is 38.3 Å². The van der Waals surface area contributed by atoms with Crippen LogP contribution in [0.5, 0.6) is 0 Å². The van der Waals surface area contributed by atoms with Crippen LogP contribution < -0.4 is 15.5 Å². The van der Waals surface area contributed by atoms with Crippen molar-refractivity contribution in [1.82, 2.24) is 10.2 Å². The normalized spacial score (nSPS) is 14.6. The molecule has 0 saturated carbocycles. The molecule has 1 fully saturated rings. The van der Waals surface area contributed by atoms with Gasteiger partial charge in [-0.1, -0.05) is 17.7 Å². The van der Waals surface area contributed by atoms with Gasteiger partial charge >= 0.3 is 5.97 Å². The molecule has 176 valence electrons. The fourth-order valence-electron chi connectivity index (χ4n) is 3.74. The van der Waals surface area contributed by atoms with Crippen molar-refractivity contribution < 1.29 is 19.5 Å². The van der Waals surface area contributed by atoms with E-state index in [4.69, 9.17) is 0 Å². The lowest BCUT2D eigenvalue weighted by Crippen LogP contribution is -2.51. The number of benzene rings is 2. The Morgan fingerprint density at radius 3 is 2.18 bits per heavy atom. The molecule has 1 saturated heterocycles. The second kappa shape index (κ2) is 10.0. The van der Waals surface area contributed by atoms with Gasteiger partial charge in [0.1, 0.15) is 0 Å². The third-order valence-corrected chi connectivity index (χ3v) is 5.41. The monoisotopic (exact) mass is 452 g/mol. The Bertz CT molecular complexity index is 1020. The lowest BCUT2D eigenvalue weighted by Gasteiger charge is -2.36. The van der Waals surface area contributed by atoms with E-state index in [9.17, 15) is 19.5 Å². The summed E-state index contributed by atoms with van der Waals surface area (Å²) in [4.78, 5) is 40.8. The van der Waals surface area contributed by atoms with Crippen molar-refractivity contribution in [3.8, 4) is 0 Å². The van der Waals surface area contributed by atoms with Gasteiger partial charge in [0.05, 0.1) is 17.8 Å². The quantitative estimate of drug-likeness (QED) is 0.623. The number of nitrogens with zero attached hydrogens (tertiary/aromatic N) is 2. The number of carbonyl (C=O) groups excluding carboxylic acids is 2. The Kier molecular flexibility index (Phi) is 7.38. The summed E-state index contributed by atoms with van der Waals surface area (Å²) in [6.07, 6.45) is 0. The molecule has 3 rings (SSSR count). The molecule has 0 bridgehead atoms. The van der Waals surface area contributed by atoms with Crippen LogP contribution in [0.4, 0.5) is 11.4 Å². The first kappa shape index (κ1) is 24.3. The molecule has 0 spiro atoms. The number of hydrogen-bond donors (Lipinski definition) is 3. The Balaban J connectivity index is 1.65. The number of nitrogens with one attached hydrogen (secondary N) is 2. The molecule has 2 aromatic carbocycles. The molecule has 0 atom stereocenters. The molecular weight excluding hydrogens is 420 g/mol. The van der Waals surface area contributed by atoms with Crippen LogP contribution in [0.15, 0.2) is 42.5 Å². The number of aromatic carboxylic acids is 1. The van der Waals surface area contributed by atoms with Crippen molar-refractivity contribution in [2.75, 3.05) is 42.9 Å². The molecule has 0 aliphatic carbocycles. The summed E-state index contributed by atoms with van der Waals surface area (Å²) in [5.74, 6) is -1.46. The lowest BCUT2D eigenvalue weighted by atomic mass is 10.1. The maximum Gasteiger partial charge on any atom is 0.337 e. The molecule has 0 radical (unpaired) electrons. The van der Waals surface area contributed by atoms with Crippen LogP contribution in [-0.4, -0.2) is 66.1 Å². The second-order valence-electron chi connectivity index (χ2n) is 9.42. The summed E-state index contributed by atoms with van der Waals surface area (Å²) in [6, 6.07) is 12.1. The molecule has 1 aliphatic rings. The van der Waals surface area contributed by atoms with Gasteiger partial charge in [-0.2, -0.15) is 0 Å². The number of aryl methyl sites for hydroxylation is 1. The first-order valence-electron chi connectivity index (χ1n) is 11.1. The fraction of sp³-hybridized carbons (Fsp3) is 0.400. The zero-order valence-corrected chi connectivity index (χ0v) is 19.6. The number of anilines is 2. The largest absolute Gasteiger partial charge is 0.478 e. The first-order valence-corrected chi connectivity index (χ1v) is 11.1. The van der Waals surface area contributed by atoms with E-state index >= 15 is 0 Å². The predicted octanol–water partition coefficient (Wildman–Crippen LogP) is 2.98. The highest BCUT2D eigenvalue weighted by Crippen LogP contribution is 2.25. The van der Waals surface area contributed by atoms with Gasteiger partial charge in [0.15, 0.2) is 0 Å². The van der Waals surface area contributed by atoms with E-state index in [1.807, 2.05) is 45.9 Å². The number of carboxylic acid groups (broad SMARTS) is 1. The smallest absolute Gasteiger partial charge is 0.337 e. The van der Waals surface area contributed by atoms with Gasteiger partial charge in [-0.3, -0.25) is 14.5 Å². The zero-order chi connectivity index (χ0) is 24.2. The summed E-state index contributed by atoms with van der Waals surface area (Å²) < 4.78 is 0. The van der Waals surface area contributed by atoms with Crippen LogP contribution in [-0.2, 0) is 4.79 Å². The number of piperazine rings is 1. The van der Waals surface area contributed by atoms with E-state index in [1.165, 1.54) is 0 Å². The van der Waals surface area contributed by atoms with Gasteiger partial charge in [-0.05, 0) is 58.0 Å². The fourth-order valence-corrected chi connectivity index (χ4v) is 3.74. The average molecular weight is 453 g/mol. The van der Waals surface area contributed by atoms with Gasteiger partial charge in [0, 0.05) is 43.0 Å². The molecule has 8 nitrogen and oxygen atoms in total. The Morgan fingerprint density at radius 2 is 1.61 bits per heavy atom. The van der Waals surface area contributed by atoms with Crippen molar-refractivity contribution in [3.05, 3.63) is 59.2 Å². The van der Waals surface area contributed by atoms with Gasteiger partial charge in [-0.25, -0.2) is 4.79 Å². The van der Waals surface area contributed by atoms with E-state index in [2.05, 4.69) is 20.4 Å². The summed E-state index contributed by atoms with van der Waals surface area (Å²) in [6.45, 7) is 10.9. The van der Waals surface area contributed by atoms with Crippen molar-refractivity contribution in [2.24, 2.45) is 0 Å². The van der Waals surface area contributed by atoms with E-state index in [1.54, 1.807) is 24.3 Å². The minimum Gasteiger partial charge on any atom is -0.478 e. The Morgan fingerprint density at radius 1 is 0.970 bits per heavy atom. The minimum atomic E-state index is -1.10. The van der Waals surface area contributed by atoms with Gasteiger partial charge < -0.3 is 20.6 Å². The number of carbonyl (C=O) groups is 3. The van der Waals surface area contributed by atoms with Crippen molar-refractivity contribution in [1.29, 1.82) is 0 Å². The second-order valence-corrected chi connectivity index (χ2v) is 9.42. The van der Waals surface area contributed by atoms with Crippen LogP contribution in [0.2, 0.25) is 0 Å². The van der Waals surface area contributed by atoms with E-state index < -0.39 is 5.97 Å². The maximum absolute atomic E-state index is 12.5. The zero-order valence-electron chi connectivity index (χ0n) is 19.6.